The highest BCUT2D eigenvalue weighted by Crippen LogP contribution is 2.59. The lowest BCUT2D eigenvalue weighted by atomic mass is 9.61. The molecule has 1 rings (SSSR count). The van der Waals surface area contributed by atoms with Crippen molar-refractivity contribution in [1.82, 2.24) is 0 Å². The highest BCUT2D eigenvalue weighted by atomic mass is 16.1. The summed E-state index contributed by atoms with van der Waals surface area (Å²) in [6.07, 6.45) is 0.729. The first kappa shape index (κ1) is 9.76. The number of Topliss-reactive ketones (excluding diaryl/α,β-unsaturated/α-hetero) is 1. The summed E-state index contributed by atoms with van der Waals surface area (Å²) < 4.78 is 0. The Bertz CT molecular complexity index is 221. The van der Waals surface area contributed by atoms with Crippen molar-refractivity contribution in [2.75, 3.05) is 0 Å². The van der Waals surface area contributed by atoms with E-state index < -0.39 is 0 Å². The number of hydrogen-bond donors (Lipinski definition) is 0. The molecule has 1 nitrogen and oxygen atoms in total. The lowest BCUT2D eigenvalue weighted by molar-refractivity contribution is -0.127. The second-order valence-electron chi connectivity index (χ2n) is 5.73. The van der Waals surface area contributed by atoms with Crippen LogP contribution in [0.15, 0.2) is 0 Å². The van der Waals surface area contributed by atoms with Gasteiger partial charge in [-0.3, -0.25) is 4.79 Å². The zero-order valence-electron chi connectivity index (χ0n) is 9.12. The van der Waals surface area contributed by atoms with Gasteiger partial charge in [0, 0.05) is 11.8 Å². The maximum atomic E-state index is 11.7. The van der Waals surface area contributed by atoms with Crippen molar-refractivity contribution in [3.8, 4) is 0 Å². The summed E-state index contributed by atoms with van der Waals surface area (Å²) in [4.78, 5) is 11.7. The molecule has 0 unspecified atom stereocenters. The Labute approximate surface area is 75.5 Å². The van der Waals surface area contributed by atoms with Crippen molar-refractivity contribution in [2.24, 2.45) is 16.2 Å². The van der Waals surface area contributed by atoms with Gasteiger partial charge in [-0.15, -0.1) is 0 Å². The minimum absolute atomic E-state index is 0.108. The van der Waals surface area contributed by atoms with Gasteiger partial charge in [-0.25, -0.2) is 0 Å². The standard InChI is InChI=1S/C11H20O/c1-9(2)7-8(12)10(3,4)11(9,5)6/h7H2,1-6H3. The summed E-state index contributed by atoms with van der Waals surface area (Å²) in [5, 5.41) is 0. The van der Waals surface area contributed by atoms with Crippen LogP contribution in [0.4, 0.5) is 0 Å². The number of carbonyl (C=O) groups excluding carboxylic acids is 1. The molecule has 0 aromatic rings. The second-order valence-corrected chi connectivity index (χ2v) is 5.73. The smallest absolute Gasteiger partial charge is 0.139 e. The Morgan fingerprint density at radius 1 is 1.00 bits per heavy atom. The van der Waals surface area contributed by atoms with Crippen molar-refractivity contribution < 1.29 is 4.79 Å². The zero-order valence-corrected chi connectivity index (χ0v) is 9.12. The van der Waals surface area contributed by atoms with Crippen LogP contribution in [0.1, 0.15) is 48.0 Å². The molecule has 0 saturated heterocycles. The molecular formula is C11H20O. The molecule has 1 aliphatic carbocycles. The Hall–Kier alpha value is -0.330. The van der Waals surface area contributed by atoms with Gasteiger partial charge in [-0.05, 0) is 10.8 Å². The quantitative estimate of drug-likeness (QED) is 0.543. The third kappa shape index (κ3) is 0.884. The van der Waals surface area contributed by atoms with Crippen LogP contribution in [-0.2, 0) is 4.79 Å². The predicted octanol–water partition coefficient (Wildman–Crippen LogP) is 3.04. The van der Waals surface area contributed by atoms with E-state index in [2.05, 4.69) is 41.5 Å². The molecule has 0 N–H and O–H groups in total. The van der Waals surface area contributed by atoms with E-state index in [1.165, 1.54) is 0 Å². The fraction of sp³-hybridized carbons (Fsp3) is 0.909. The molecule has 0 aromatic carbocycles. The lowest BCUT2D eigenvalue weighted by Gasteiger charge is -2.42. The molecule has 0 bridgehead atoms. The van der Waals surface area contributed by atoms with E-state index in [1.807, 2.05) is 0 Å². The van der Waals surface area contributed by atoms with Crippen LogP contribution in [0.5, 0.6) is 0 Å². The lowest BCUT2D eigenvalue weighted by Crippen LogP contribution is -2.38. The Morgan fingerprint density at radius 3 is 1.50 bits per heavy atom. The molecular weight excluding hydrogens is 148 g/mol. The predicted molar refractivity (Wildman–Crippen MR) is 51.0 cm³/mol. The SMILES string of the molecule is CC1(C)CC(=O)C(C)(C)C1(C)C. The van der Waals surface area contributed by atoms with Crippen molar-refractivity contribution in [3.63, 3.8) is 0 Å². The molecule has 0 heterocycles. The van der Waals surface area contributed by atoms with Gasteiger partial charge in [-0.1, -0.05) is 41.5 Å². The first-order chi connectivity index (χ1) is 5.13. The van der Waals surface area contributed by atoms with Crippen molar-refractivity contribution >= 4 is 5.78 Å². The molecule has 70 valence electrons. The molecule has 0 radical (unpaired) electrons. The van der Waals surface area contributed by atoms with E-state index in [-0.39, 0.29) is 16.2 Å². The average Bonchev–Trinajstić information content (AvgIpc) is 1.92. The molecule has 0 spiro atoms. The molecule has 1 aliphatic rings. The van der Waals surface area contributed by atoms with Gasteiger partial charge >= 0.3 is 0 Å². The van der Waals surface area contributed by atoms with Crippen LogP contribution in [0, 0.1) is 16.2 Å². The maximum absolute atomic E-state index is 11.7. The van der Waals surface area contributed by atoms with Gasteiger partial charge in [0.15, 0.2) is 0 Å². The van der Waals surface area contributed by atoms with Crippen molar-refractivity contribution in [1.29, 1.82) is 0 Å². The zero-order chi connectivity index (χ0) is 9.78. The summed E-state index contributed by atoms with van der Waals surface area (Å²) in [6.45, 7) is 12.9. The largest absolute Gasteiger partial charge is 0.299 e. The summed E-state index contributed by atoms with van der Waals surface area (Å²) in [5.41, 5.74) is 0.0984. The van der Waals surface area contributed by atoms with Gasteiger partial charge in [0.1, 0.15) is 5.78 Å². The Morgan fingerprint density at radius 2 is 1.42 bits per heavy atom. The van der Waals surface area contributed by atoms with Crippen LogP contribution in [0.25, 0.3) is 0 Å². The van der Waals surface area contributed by atoms with E-state index in [0.29, 0.717) is 5.78 Å². The number of rotatable bonds is 0. The van der Waals surface area contributed by atoms with Crippen LogP contribution in [0.3, 0.4) is 0 Å². The third-order valence-electron chi connectivity index (χ3n) is 4.55. The topological polar surface area (TPSA) is 17.1 Å². The van der Waals surface area contributed by atoms with E-state index in [0.717, 1.165) is 6.42 Å². The van der Waals surface area contributed by atoms with E-state index in [4.69, 9.17) is 0 Å². The summed E-state index contributed by atoms with van der Waals surface area (Å²) in [6, 6.07) is 0. The van der Waals surface area contributed by atoms with Crippen LogP contribution < -0.4 is 0 Å². The van der Waals surface area contributed by atoms with E-state index >= 15 is 0 Å². The van der Waals surface area contributed by atoms with Crippen LogP contribution in [-0.4, -0.2) is 5.78 Å². The fourth-order valence-electron chi connectivity index (χ4n) is 2.04. The first-order valence-corrected chi connectivity index (χ1v) is 4.66. The third-order valence-corrected chi connectivity index (χ3v) is 4.55. The summed E-state index contributed by atoms with van der Waals surface area (Å²) >= 11 is 0. The highest BCUT2D eigenvalue weighted by Gasteiger charge is 2.58. The number of ketones is 1. The molecule has 12 heavy (non-hydrogen) atoms. The van der Waals surface area contributed by atoms with E-state index in [1.54, 1.807) is 0 Å². The number of carbonyl (C=O) groups is 1. The van der Waals surface area contributed by atoms with Crippen molar-refractivity contribution in [3.05, 3.63) is 0 Å². The fourth-order valence-corrected chi connectivity index (χ4v) is 2.04. The minimum atomic E-state index is -0.156. The van der Waals surface area contributed by atoms with Gasteiger partial charge < -0.3 is 0 Å². The maximum Gasteiger partial charge on any atom is 0.139 e. The average molecular weight is 168 g/mol. The molecule has 0 aliphatic heterocycles. The molecule has 0 aromatic heterocycles. The van der Waals surface area contributed by atoms with Gasteiger partial charge in [0.2, 0.25) is 0 Å². The van der Waals surface area contributed by atoms with Gasteiger partial charge in [0.25, 0.3) is 0 Å². The monoisotopic (exact) mass is 168 g/mol. The minimum Gasteiger partial charge on any atom is -0.299 e. The molecule has 1 saturated carbocycles. The number of hydrogen-bond acceptors (Lipinski definition) is 1. The summed E-state index contributed by atoms with van der Waals surface area (Å²) in [7, 11) is 0. The second kappa shape index (κ2) is 2.12. The van der Waals surface area contributed by atoms with Crippen molar-refractivity contribution in [2.45, 2.75) is 48.0 Å². The van der Waals surface area contributed by atoms with Gasteiger partial charge in [-0.2, -0.15) is 0 Å². The summed E-state index contributed by atoms with van der Waals surface area (Å²) in [5.74, 6) is 0.414. The van der Waals surface area contributed by atoms with Crippen LogP contribution >= 0.6 is 0 Å². The van der Waals surface area contributed by atoms with Crippen LogP contribution in [0.2, 0.25) is 0 Å². The van der Waals surface area contributed by atoms with E-state index in [9.17, 15) is 4.79 Å². The highest BCUT2D eigenvalue weighted by molar-refractivity contribution is 5.88. The Balaban J connectivity index is 3.19. The molecule has 0 amide bonds. The molecule has 1 heteroatoms. The van der Waals surface area contributed by atoms with Gasteiger partial charge in [0.05, 0.1) is 0 Å². The Kier molecular flexibility index (Phi) is 1.73. The first-order valence-electron chi connectivity index (χ1n) is 4.66. The normalized spacial score (nSPS) is 30.7. The molecule has 1 fully saturated rings. The molecule has 0 atom stereocenters.